The molecule has 170 valence electrons. The van der Waals surface area contributed by atoms with Gasteiger partial charge < -0.3 is 9.47 Å². The van der Waals surface area contributed by atoms with Crippen molar-refractivity contribution in [1.29, 1.82) is 0 Å². The van der Waals surface area contributed by atoms with Gasteiger partial charge in [-0.1, -0.05) is 25.0 Å². The van der Waals surface area contributed by atoms with Gasteiger partial charge in [0.25, 0.3) is 0 Å². The van der Waals surface area contributed by atoms with Crippen molar-refractivity contribution in [2.45, 2.75) is 64.1 Å². The molecule has 0 amide bonds. The Bertz CT molecular complexity index is 863. The van der Waals surface area contributed by atoms with Crippen molar-refractivity contribution in [3.05, 3.63) is 29.6 Å². The number of hydrogen-bond donors (Lipinski definition) is 0. The normalized spacial score (nSPS) is 20.2. The number of rotatable bonds is 6. The molecule has 0 N–H and O–H groups in total. The van der Waals surface area contributed by atoms with Crippen LogP contribution in [0.25, 0.3) is 0 Å². The molecule has 0 radical (unpaired) electrons. The average molecular weight is 429 g/mol. The van der Waals surface area contributed by atoms with Crippen molar-refractivity contribution >= 4 is 0 Å². The van der Waals surface area contributed by atoms with Gasteiger partial charge in [0.2, 0.25) is 0 Å². The molecule has 1 atom stereocenters. The number of nitrogens with zero attached hydrogens (tertiary/aromatic N) is 6. The van der Waals surface area contributed by atoms with Crippen LogP contribution in [0.1, 0.15) is 63.9 Å². The number of piperazine rings is 1. The number of para-hydroxylation sites is 1. The standard InChI is InChI=1S/C23H36N6O2/c1-23(2,3)29-22(24-25-26-29)20(18-11-8-12-19(30-4)21(18)31-5)28-15-13-27(14-16-28)17-9-6-7-10-17/h8,11-12,17,20H,6-7,9-10,13-16H2,1-5H3/t20-/m1/s1. The molecule has 2 heterocycles. The molecule has 0 unspecified atom stereocenters. The summed E-state index contributed by atoms with van der Waals surface area (Å²) in [6.07, 6.45) is 5.43. The number of tetrazole rings is 1. The van der Waals surface area contributed by atoms with Crippen LogP contribution < -0.4 is 9.47 Å². The van der Waals surface area contributed by atoms with Gasteiger partial charge in [0.05, 0.1) is 19.8 Å². The SMILES string of the molecule is COc1cccc([C@H](c2nnnn2C(C)(C)C)N2CCN(C3CCCC3)CC2)c1OC. The summed E-state index contributed by atoms with van der Waals surface area (Å²) in [5.41, 5.74) is 0.811. The molecule has 4 rings (SSSR count). The van der Waals surface area contributed by atoms with Gasteiger partial charge in [-0.15, -0.1) is 5.10 Å². The zero-order valence-corrected chi connectivity index (χ0v) is 19.5. The van der Waals surface area contributed by atoms with Crippen LogP contribution >= 0.6 is 0 Å². The van der Waals surface area contributed by atoms with Crippen LogP contribution in [-0.2, 0) is 5.54 Å². The van der Waals surface area contributed by atoms with Crippen LogP contribution in [0.3, 0.4) is 0 Å². The predicted octanol–water partition coefficient (Wildman–Crippen LogP) is 3.09. The summed E-state index contributed by atoms with van der Waals surface area (Å²) < 4.78 is 13.4. The smallest absolute Gasteiger partial charge is 0.173 e. The second-order valence-corrected chi connectivity index (χ2v) is 9.62. The summed E-state index contributed by atoms with van der Waals surface area (Å²) in [6, 6.07) is 6.71. The zero-order chi connectivity index (χ0) is 22.0. The van der Waals surface area contributed by atoms with E-state index in [2.05, 4.69) is 52.2 Å². The Morgan fingerprint density at radius 2 is 1.71 bits per heavy atom. The van der Waals surface area contributed by atoms with Crippen molar-refractivity contribution in [2.24, 2.45) is 0 Å². The van der Waals surface area contributed by atoms with Gasteiger partial charge in [0.15, 0.2) is 17.3 Å². The van der Waals surface area contributed by atoms with Crippen LogP contribution in [0, 0.1) is 0 Å². The van der Waals surface area contributed by atoms with Crippen LogP contribution in [0.4, 0.5) is 0 Å². The van der Waals surface area contributed by atoms with Crippen molar-refractivity contribution in [3.63, 3.8) is 0 Å². The molecule has 2 aromatic rings. The largest absolute Gasteiger partial charge is 0.493 e. The fourth-order valence-corrected chi connectivity index (χ4v) is 5.10. The highest BCUT2D eigenvalue weighted by Gasteiger charge is 2.36. The van der Waals surface area contributed by atoms with Gasteiger partial charge in [-0.05, 0) is 50.1 Å². The third-order valence-electron chi connectivity index (χ3n) is 6.66. The van der Waals surface area contributed by atoms with Crippen LogP contribution in [-0.4, -0.2) is 76.4 Å². The Morgan fingerprint density at radius 3 is 2.32 bits per heavy atom. The van der Waals surface area contributed by atoms with E-state index in [0.29, 0.717) is 0 Å². The monoisotopic (exact) mass is 428 g/mol. The lowest BCUT2D eigenvalue weighted by atomic mass is 9.99. The molecular weight excluding hydrogens is 392 g/mol. The minimum atomic E-state index is -0.227. The number of benzene rings is 1. The molecule has 2 fully saturated rings. The second-order valence-electron chi connectivity index (χ2n) is 9.62. The Labute approximate surface area is 185 Å². The fraction of sp³-hybridized carbons (Fsp3) is 0.696. The zero-order valence-electron chi connectivity index (χ0n) is 19.5. The van der Waals surface area contributed by atoms with E-state index in [-0.39, 0.29) is 11.6 Å². The fourth-order valence-electron chi connectivity index (χ4n) is 5.10. The molecule has 1 aromatic heterocycles. The quantitative estimate of drug-likeness (QED) is 0.700. The van der Waals surface area contributed by atoms with Crippen molar-refractivity contribution in [1.82, 2.24) is 30.0 Å². The Hall–Kier alpha value is -2.19. The number of methoxy groups -OCH3 is 2. The average Bonchev–Trinajstić information content (AvgIpc) is 3.46. The van der Waals surface area contributed by atoms with Gasteiger partial charge in [-0.25, -0.2) is 4.68 Å². The van der Waals surface area contributed by atoms with E-state index < -0.39 is 0 Å². The maximum absolute atomic E-state index is 5.83. The van der Waals surface area contributed by atoms with Gasteiger partial charge in [0, 0.05) is 37.8 Å². The van der Waals surface area contributed by atoms with E-state index in [0.717, 1.165) is 55.1 Å². The molecule has 8 heteroatoms. The van der Waals surface area contributed by atoms with Crippen molar-refractivity contribution in [2.75, 3.05) is 40.4 Å². The number of aromatic nitrogens is 4. The minimum Gasteiger partial charge on any atom is -0.493 e. The van der Waals surface area contributed by atoms with Gasteiger partial charge in [-0.3, -0.25) is 9.80 Å². The molecule has 0 spiro atoms. The summed E-state index contributed by atoms with van der Waals surface area (Å²) in [5.74, 6) is 2.31. The lowest BCUT2D eigenvalue weighted by molar-refractivity contribution is 0.0747. The minimum absolute atomic E-state index is 0.106. The van der Waals surface area contributed by atoms with E-state index >= 15 is 0 Å². The van der Waals surface area contributed by atoms with Crippen LogP contribution in [0.15, 0.2) is 18.2 Å². The lowest BCUT2D eigenvalue weighted by Crippen LogP contribution is -2.51. The number of hydrogen-bond acceptors (Lipinski definition) is 7. The Kier molecular flexibility index (Phi) is 6.48. The van der Waals surface area contributed by atoms with Crippen molar-refractivity contribution in [3.8, 4) is 11.5 Å². The first-order chi connectivity index (χ1) is 14.9. The maximum Gasteiger partial charge on any atom is 0.173 e. The third-order valence-corrected chi connectivity index (χ3v) is 6.66. The van der Waals surface area contributed by atoms with Gasteiger partial charge in [0.1, 0.15) is 6.04 Å². The molecule has 2 aliphatic rings. The van der Waals surface area contributed by atoms with E-state index in [1.165, 1.54) is 25.7 Å². The molecule has 31 heavy (non-hydrogen) atoms. The predicted molar refractivity (Wildman–Crippen MR) is 120 cm³/mol. The van der Waals surface area contributed by atoms with Crippen molar-refractivity contribution < 1.29 is 9.47 Å². The lowest BCUT2D eigenvalue weighted by Gasteiger charge is -2.41. The van der Waals surface area contributed by atoms with Gasteiger partial charge in [-0.2, -0.15) is 0 Å². The highest BCUT2D eigenvalue weighted by Crippen LogP contribution is 2.40. The Morgan fingerprint density at radius 1 is 1.00 bits per heavy atom. The summed E-state index contributed by atoms with van der Waals surface area (Å²) in [6.45, 7) is 10.5. The molecule has 0 bridgehead atoms. The highest BCUT2D eigenvalue weighted by atomic mass is 16.5. The van der Waals surface area contributed by atoms with Crippen LogP contribution in [0.2, 0.25) is 0 Å². The maximum atomic E-state index is 5.83. The molecule has 1 aliphatic heterocycles. The molecule has 1 aromatic carbocycles. The topological polar surface area (TPSA) is 68.5 Å². The van der Waals surface area contributed by atoms with Crippen LogP contribution in [0.5, 0.6) is 11.5 Å². The van der Waals surface area contributed by atoms with Gasteiger partial charge >= 0.3 is 0 Å². The third kappa shape index (κ3) is 4.41. The van der Waals surface area contributed by atoms with E-state index in [4.69, 9.17) is 9.47 Å². The first kappa shape index (κ1) is 22.0. The second kappa shape index (κ2) is 9.12. The summed E-state index contributed by atoms with van der Waals surface area (Å²) in [4.78, 5) is 5.17. The molecule has 1 saturated carbocycles. The first-order valence-electron chi connectivity index (χ1n) is 11.4. The van der Waals surface area contributed by atoms with E-state index in [1.807, 2.05) is 16.8 Å². The molecule has 1 saturated heterocycles. The molecule has 8 nitrogen and oxygen atoms in total. The molecular formula is C23H36N6O2. The molecule has 1 aliphatic carbocycles. The van der Waals surface area contributed by atoms with E-state index in [1.54, 1.807) is 14.2 Å². The Balaban J connectivity index is 1.71. The summed E-state index contributed by atoms with van der Waals surface area (Å²) >= 11 is 0. The highest BCUT2D eigenvalue weighted by molar-refractivity contribution is 5.49. The first-order valence-corrected chi connectivity index (χ1v) is 11.4. The number of ether oxygens (including phenoxy) is 2. The summed E-state index contributed by atoms with van der Waals surface area (Å²) in [7, 11) is 3.37. The van der Waals surface area contributed by atoms with E-state index in [9.17, 15) is 0 Å². The summed E-state index contributed by atoms with van der Waals surface area (Å²) in [5, 5.41) is 12.9.